The van der Waals surface area contributed by atoms with E-state index in [-0.39, 0.29) is 6.10 Å². The second kappa shape index (κ2) is 7.60. The van der Waals surface area contributed by atoms with Crippen LogP contribution in [0.15, 0.2) is 23.3 Å². The molecule has 0 radical (unpaired) electrons. The number of allylic oxidation sites excluding steroid dienone is 4. The van der Waals surface area contributed by atoms with E-state index in [9.17, 15) is 5.11 Å². The molecule has 0 aromatic heterocycles. The zero-order valence-electron chi connectivity index (χ0n) is 19.1. The Morgan fingerprint density at radius 1 is 1.04 bits per heavy atom. The van der Waals surface area contributed by atoms with Crippen molar-refractivity contribution >= 4 is 0 Å². The molecule has 0 amide bonds. The van der Waals surface area contributed by atoms with Crippen LogP contribution in [0.4, 0.5) is 0 Å². The second-order valence-corrected chi connectivity index (χ2v) is 11.8. The molecule has 0 aromatic rings. The highest BCUT2D eigenvalue weighted by atomic mass is 16.3. The lowest BCUT2D eigenvalue weighted by atomic mass is 9.48. The smallest absolute Gasteiger partial charge is 0.0543 e. The monoisotopic (exact) mass is 384 g/mol. The van der Waals surface area contributed by atoms with Crippen molar-refractivity contribution in [2.45, 2.75) is 105 Å². The minimum atomic E-state index is -0.0522. The first kappa shape index (κ1) is 20.7. The molecule has 2 fully saturated rings. The Morgan fingerprint density at radius 2 is 1.82 bits per heavy atom. The molecule has 7 atom stereocenters. The number of aliphatic hydroxyl groups is 1. The number of aliphatic hydroxyl groups excluding tert-OH is 1. The van der Waals surface area contributed by atoms with Crippen LogP contribution in [0.25, 0.3) is 0 Å². The van der Waals surface area contributed by atoms with Gasteiger partial charge in [0, 0.05) is 0 Å². The van der Waals surface area contributed by atoms with Crippen molar-refractivity contribution in [2.75, 3.05) is 0 Å². The second-order valence-electron chi connectivity index (χ2n) is 11.8. The number of fused-ring (bicyclic) bond motifs is 5. The maximum Gasteiger partial charge on any atom is 0.0543 e. The molecular formula is C27H44O. The fourth-order valence-corrected chi connectivity index (χ4v) is 7.83. The molecule has 4 rings (SSSR count). The van der Waals surface area contributed by atoms with Crippen molar-refractivity contribution in [1.82, 2.24) is 0 Å². The predicted molar refractivity (Wildman–Crippen MR) is 119 cm³/mol. The van der Waals surface area contributed by atoms with Crippen molar-refractivity contribution < 1.29 is 5.11 Å². The molecule has 0 spiro atoms. The van der Waals surface area contributed by atoms with Crippen molar-refractivity contribution in [3.8, 4) is 0 Å². The molecule has 28 heavy (non-hydrogen) atoms. The molecule has 4 aliphatic carbocycles. The van der Waals surface area contributed by atoms with Gasteiger partial charge in [-0.25, -0.2) is 0 Å². The lowest BCUT2D eigenvalue weighted by Gasteiger charge is -2.56. The third kappa shape index (κ3) is 3.34. The van der Waals surface area contributed by atoms with Crippen LogP contribution in [0.2, 0.25) is 0 Å². The lowest BCUT2D eigenvalue weighted by Crippen LogP contribution is -2.48. The Morgan fingerprint density at radius 3 is 2.57 bits per heavy atom. The van der Waals surface area contributed by atoms with Crippen LogP contribution in [0, 0.1) is 40.4 Å². The predicted octanol–water partition coefficient (Wildman–Crippen LogP) is 7.31. The SMILES string of the molecule is CC(C)CCC[C@@H](C)[C@H]1CC=C2C3=CCC4C[C@@H](O)CC[C@]4(C)[C@H]3CC[C@@]21C. The van der Waals surface area contributed by atoms with Crippen LogP contribution < -0.4 is 0 Å². The van der Waals surface area contributed by atoms with Gasteiger partial charge in [-0.15, -0.1) is 0 Å². The first-order chi connectivity index (χ1) is 13.3. The first-order valence-electron chi connectivity index (χ1n) is 12.3. The summed E-state index contributed by atoms with van der Waals surface area (Å²) < 4.78 is 0. The molecule has 1 N–H and O–H groups in total. The third-order valence-electron chi connectivity index (χ3n) is 9.70. The van der Waals surface area contributed by atoms with Crippen molar-refractivity contribution in [3.05, 3.63) is 23.3 Å². The quantitative estimate of drug-likeness (QED) is 0.527. The minimum absolute atomic E-state index is 0.0522. The average Bonchev–Trinajstić information content (AvgIpc) is 2.99. The van der Waals surface area contributed by atoms with Gasteiger partial charge in [0.25, 0.3) is 0 Å². The van der Waals surface area contributed by atoms with Crippen LogP contribution in [-0.2, 0) is 0 Å². The standard InChI is InChI=1S/C27H44O/c1-18(2)7-6-8-19(3)23-11-12-24-22-10-9-20-17-21(28)13-15-26(20,4)25(22)14-16-27(23,24)5/h10,12,18-21,23,25,28H,6-9,11,13-17H2,1-5H3/t19-,20?,21+,23-,25+,26+,27-/m1/s1. The summed E-state index contributed by atoms with van der Waals surface area (Å²) in [4.78, 5) is 0. The lowest BCUT2D eigenvalue weighted by molar-refractivity contribution is -0.0262. The Kier molecular flexibility index (Phi) is 5.62. The van der Waals surface area contributed by atoms with E-state index in [0.29, 0.717) is 16.7 Å². The van der Waals surface area contributed by atoms with Gasteiger partial charge in [-0.1, -0.05) is 66.0 Å². The van der Waals surface area contributed by atoms with Crippen LogP contribution >= 0.6 is 0 Å². The maximum atomic E-state index is 10.2. The van der Waals surface area contributed by atoms with E-state index < -0.39 is 0 Å². The van der Waals surface area contributed by atoms with E-state index in [2.05, 4.69) is 46.8 Å². The van der Waals surface area contributed by atoms with E-state index in [1.807, 2.05) is 0 Å². The van der Waals surface area contributed by atoms with E-state index in [1.165, 1.54) is 51.4 Å². The summed E-state index contributed by atoms with van der Waals surface area (Å²) >= 11 is 0. The van der Waals surface area contributed by atoms with Gasteiger partial charge in [-0.05, 0) is 96.5 Å². The molecule has 2 saturated carbocycles. The molecular weight excluding hydrogens is 340 g/mol. The maximum absolute atomic E-state index is 10.2. The topological polar surface area (TPSA) is 20.2 Å². The molecule has 0 heterocycles. The van der Waals surface area contributed by atoms with Gasteiger partial charge in [-0.2, -0.15) is 0 Å². The summed E-state index contributed by atoms with van der Waals surface area (Å²) in [6.45, 7) is 12.4. The molecule has 0 aromatic carbocycles. The molecule has 0 bridgehead atoms. The third-order valence-corrected chi connectivity index (χ3v) is 9.70. The fraction of sp³-hybridized carbons (Fsp3) is 0.852. The first-order valence-corrected chi connectivity index (χ1v) is 12.3. The number of hydrogen-bond acceptors (Lipinski definition) is 1. The van der Waals surface area contributed by atoms with Crippen LogP contribution in [0.3, 0.4) is 0 Å². The van der Waals surface area contributed by atoms with Gasteiger partial charge in [0.2, 0.25) is 0 Å². The normalized spacial score (nSPS) is 43.7. The highest BCUT2D eigenvalue weighted by Gasteiger charge is 2.55. The van der Waals surface area contributed by atoms with Gasteiger partial charge >= 0.3 is 0 Å². The Bertz CT molecular complexity index is 643. The fourth-order valence-electron chi connectivity index (χ4n) is 7.83. The summed E-state index contributed by atoms with van der Waals surface area (Å²) in [6, 6.07) is 0. The average molecular weight is 385 g/mol. The molecule has 4 aliphatic rings. The van der Waals surface area contributed by atoms with Crippen LogP contribution in [-0.4, -0.2) is 11.2 Å². The molecule has 158 valence electrons. The summed E-state index contributed by atoms with van der Waals surface area (Å²) in [7, 11) is 0. The van der Waals surface area contributed by atoms with Crippen molar-refractivity contribution in [1.29, 1.82) is 0 Å². The van der Waals surface area contributed by atoms with E-state index in [0.717, 1.165) is 36.5 Å². The highest BCUT2D eigenvalue weighted by molar-refractivity contribution is 5.46. The number of rotatable bonds is 5. The molecule has 1 heteroatoms. The van der Waals surface area contributed by atoms with E-state index >= 15 is 0 Å². The summed E-state index contributed by atoms with van der Waals surface area (Å²) in [5.41, 5.74) is 4.32. The van der Waals surface area contributed by atoms with Crippen LogP contribution in [0.5, 0.6) is 0 Å². The molecule has 0 saturated heterocycles. The molecule has 1 unspecified atom stereocenters. The summed E-state index contributed by atoms with van der Waals surface area (Å²) in [5.74, 6) is 3.96. The van der Waals surface area contributed by atoms with E-state index in [4.69, 9.17) is 0 Å². The Hall–Kier alpha value is -0.560. The Labute approximate surface area is 174 Å². The number of hydrogen-bond donors (Lipinski definition) is 1. The zero-order chi connectivity index (χ0) is 20.1. The molecule has 1 nitrogen and oxygen atoms in total. The Balaban J connectivity index is 1.51. The van der Waals surface area contributed by atoms with Gasteiger partial charge in [0.05, 0.1) is 6.10 Å². The largest absolute Gasteiger partial charge is 0.393 e. The van der Waals surface area contributed by atoms with Crippen LogP contribution in [0.1, 0.15) is 98.8 Å². The minimum Gasteiger partial charge on any atom is -0.393 e. The van der Waals surface area contributed by atoms with Gasteiger partial charge in [0.15, 0.2) is 0 Å². The van der Waals surface area contributed by atoms with Gasteiger partial charge in [0.1, 0.15) is 0 Å². The summed E-state index contributed by atoms with van der Waals surface area (Å²) in [6.07, 6.45) is 17.9. The summed E-state index contributed by atoms with van der Waals surface area (Å²) in [5, 5.41) is 10.2. The van der Waals surface area contributed by atoms with Gasteiger partial charge in [-0.3, -0.25) is 0 Å². The van der Waals surface area contributed by atoms with E-state index in [1.54, 1.807) is 11.1 Å². The van der Waals surface area contributed by atoms with Crippen molar-refractivity contribution in [3.63, 3.8) is 0 Å². The highest BCUT2D eigenvalue weighted by Crippen LogP contribution is 2.65. The molecule has 0 aliphatic heterocycles. The zero-order valence-corrected chi connectivity index (χ0v) is 19.1. The van der Waals surface area contributed by atoms with Crippen molar-refractivity contribution in [2.24, 2.45) is 40.4 Å². The van der Waals surface area contributed by atoms with Gasteiger partial charge < -0.3 is 5.11 Å².